The van der Waals surface area contributed by atoms with Gasteiger partial charge in [0.05, 0.1) is 18.0 Å². The lowest BCUT2D eigenvalue weighted by atomic mass is 10.2. The van der Waals surface area contributed by atoms with E-state index in [-0.39, 0.29) is 18.0 Å². The first-order valence-corrected chi connectivity index (χ1v) is 5.91. The van der Waals surface area contributed by atoms with Gasteiger partial charge < -0.3 is 5.32 Å². The van der Waals surface area contributed by atoms with Crippen LogP contribution < -0.4 is 10.9 Å². The summed E-state index contributed by atoms with van der Waals surface area (Å²) in [6, 6.07) is 9.84. The fourth-order valence-corrected chi connectivity index (χ4v) is 1.62. The number of nitriles is 1. The quantitative estimate of drug-likeness (QED) is 0.901. The summed E-state index contributed by atoms with van der Waals surface area (Å²) in [4.78, 5) is 27.4. The van der Waals surface area contributed by atoms with E-state index in [4.69, 9.17) is 5.26 Å². The van der Waals surface area contributed by atoms with E-state index < -0.39 is 0 Å². The van der Waals surface area contributed by atoms with Crippen LogP contribution in [0, 0.1) is 18.3 Å². The van der Waals surface area contributed by atoms with Crippen molar-refractivity contribution in [3.8, 4) is 6.07 Å². The molecule has 6 nitrogen and oxygen atoms in total. The Balaban J connectivity index is 2.05. The normalized spacial score (nSPS) is 9.80. The van der Waals surface area contributed by atoms with Gasteiger partial charge in [-0.05, 0) is 31.2 Å². The van der Waals surface area contributed by atoms with Crippen LogP contribution in [0.15, 0.2) is 41.5 Å². The Hall–Kier alpha value is -2.94. The second-order valence-electron chi connectivity index (χ2n) is 4.23. The average Bonchev–Trinajstić information content (AvgIpc) is 2.43. The summed E-state index contributed by atoms with van der Waals surface area (Å²) in [5.41, 5.74) is 1.43. The minimum Gasteiger partial charge on any atom is -0.325 e. The Morgan fingerprint density at radius 3 is 2.70 bits per heavy atom. The number of carbonyl (C=O) groups is 1. The topological polar surface area (TPSA) is 87.8 Å². The summed E-state index contributed by atoms with van der Waals surface area (Å²) in [7, 11) is 0. The van der Waals surface area contributed by atoms with Crippen LogP contribution >= 0.6 is 0 Å². The predicted octanol–water partition coefficient (Wildman–Crippen LogP) is 1.06. The third kappa shape index (κ3) is 3.29. The zero-order chi connectivity index (χ0) is 14.5. The number of hydrogen-bond acceptors (Lipinski definition) is 4. The smallest absolute Gasteiger partial charge is 0.253 e. The standard InChI is InChI=1S/C14H12N4O2/c1-10-6-14(20)18(9-16-10)8-13(19)17-12-4-2-11(7-15)3-5-12/h2-6,9H,8H2,1H3,(H,17,19). The summed E-state index contributed by atoms with van der Waals surface area (Å²) in [5.74, 6) is -0.331. The molecule has 1 aromatic heterocycles. The van der Waals surface area contributed by atoms with Crippen molar-refractivity contribution >= 4 is 11.6 Å². The molecule has 1 heterocycles. The molecule has 6 heteroatoms. The lowest BCUT2D eigenvalue weighted by molar-refractivity contribution is -0.116. The predicted molar refractivity (Wildman–Crippen MR) is 73.0 cm³/mol. The number of aromatic nitrogens is 2. The fraction of sp³-hybridized carbons (Fsp3) is 0.143. The number of nitrogens with one attached hydrogen (secondary N) is 1. The summed E-state index contributed by atoms with van der Waals surface area (Å²) in [6.07, 6.45) is 1.34. The van der Waals surface area contributed by atoms with Gasteiger partial charge in [-0.1, -0.05) is 0 Å². The third-order valence-corrected chi connectivity index (χ3v) is 2.63. The third-order valence-electron chi connectivity index (χ3n) is 2.63. The number of nitrogens with zero attached hydrogens (tertiary/aromatic N) is 3. The number of amides is 1. The zero-order valence-corrected chi connectivity index (χ0v) is 10.8. The number of rotatable bonds is 3. The SMILES string of the molecule is Cc1cc(=O)n(CC(=O)Nc2ccc(C#N)cc2)cn1. The molecule has 0 bridgehead atoms. The Labute approximate surface area is 115 Å². The van der Waals surface area contributed by atoms with Crippen molar-refractivity contribution in [3.63, 3.8) is 0 Å². The molecule has 0 aliphatic rings. The summed E-state index contributed by atoms with van der Waals surface area (Å²) in [5, 5.41) is 11.3. The van der Waals surface area contributed by atoms with Crippen molar-refractivity contribution < 1.29 is 4.79 Å². The van der Waals surface area contributed by atoms with Crippen LogP contribution in [-0.4, -0.2) is 15.5 Å². The molecule has 0 saturated carbocycles. The highest BCUT2D eigenvalue weighted by Crippen LogP contribution is 2.08. The molecule has 0 radical (unpaired) electrons. The second-order valence-corrected chi connectivity index (χ2v) is 4.23. The largest absolute Gasteiger partial charge is 0.325 e. The zero-order valence-electron chi connectivity index (χ0n) is 10.8. The van der Waals surface area contributed by atoms with Crippen molar-refractivity contribution in [1.82, 2.24) is 9.55 Å². The van der Waals surface area contributed by atoms with E-state index in [0.717, 1.165) is 0 Å². The first-order chi connectivity index (χ1) is 9.58. The van der Waals surface area contributed by atoms with Gasteiger partial charge in [0.1, 0.15) is 6.54 Å². The first kappa shape index (κ1) is 13.5. The number of carbonyl (C=O) groups excluding carboxylic acids is 1. The van der Waals surface area contributed by atoms with Gasteiger partial charge in [-0.2, -0.15) is 5.26 Å². The van der Waals surface area contributed by atoms with Gasteiger partial charge in [-0.15, -0.1) is 0 Å². The average molecular weight is 268 g/mol. The maximum atomic E-state index is 11.8. The minimum absolute atomic E-state index is 0.105. The minimum atomic E-state index is -0.331. The van der Waals surface area contributed by atoms with Gasteiger partial charge in [0.25, 0.3) is 5.56 Å². The van der Waals surface area contributed by atoms with Crippen LogP contribution in [0.4, 0.5) is 5.69 Å². The van der Waals surface area contributed by atoms with Crippen LogP contribution in [0.25, 0.3) is 0 Å². The molecule has 0 fully saturated rings. The maximum Gasteiger partial charge on any atom is 0.253 e. The number of benzene rings is 1. The Morgan fingerprint density at radius 2 is 2.10 bits per heavy atom. The second kappa shape index (κ2) is 5.80. The summed E-state index contributed by atoms with van der Waals surface area (Å²) in [6.45, 7) is 1.61. The van der Waals surface area contributed by atoms with Gasteiger partial charge in [-0.3, -0.25) is 14.2 Å². The molecular weight excluding hydrogens is 256 g/mol. The van der Waals surface area contributed by atoms with Gasteiger partial charge in [0, 0.05) is 17.4 Å². The molecule has 0 unspecified atom stereocenters. The Bertz CT molecular complexity index is 726. The molecule has 0 aliphatic carbocycles. The molecule has 2 rings (SSSR count). The van der Waals surface area contributed by atoms with Gasteiger partial charge in [0.15, 0.2) is 0 Å². The molecule has 0 saturated heterocycles. The van der Waals surface area contributed by atoms with Crippen LogP contribution in [0.3, 0.4) is 0 Å². The van der Waals surface area contributed by atoms with Crippen molar-refractivity contribution in [2.24, 2.45) is 0 Å². The van der Waals surface area contributed by atoms with Crippen LogP contribution in [0.5, 0.6) is 0 Å². The van der Waals surface area contributed by atoms with Crippen molar-refractivity contribution in [2.75, 3.05) is 5.32 Å². The number of anilines is 1. The lowest BCUT2D eigenvalue weighted by Gasteiger charge is -2.07. The van der Waals surface area contributed by atoms with E-state index in [0.29, 0.717) is 16.9 Å². The first-order valence-electron chi connectivity index (χ1n) is 5.91. The van der Waals surface area contributed by atoms with E-state index in [1.807, 2.05) is 6.07 Å². The molecule has 0 aliphatic heterocycles. The van der Waals surface area contributed by atoms with E-state index in [2.05, 4.69) is 10.3 Å². The van der Waals surface area contributed by atoms with E-state index >= 15 is 0 Å². The summed E-state index contributed by atoms with van der Waals surface area (Å²) < 4.78 is 1.23. The van der Waals surface area contributed by atoms with E-state index in [1.54, 1.807) is 31.2 Å². The highest BCUT2D eigenvalue weighted by molar-refractivity contribution is 5.90. The highest BCUT2D eigenvalue weighted by atomic mass is 16.2. The molecule has 20 heavy (non-hydrogen) atoms. The molecule has 0 spiro atoms. The fourth-order valence-electron chi connectivity index (χ4n) is 1.62. The summed E-state index contributed by atoms with van der Waals surface area (Å²) >= 11 is 0. The maximum absolute atomic E-state index is 11.8. The van der Waals surface area contributed by atoms with Crippen LogP contribution in [-0.2, 0) is 11.3 Å². The van der Waals surface area contributed by atoms with Crippen molar-refractivity contribution in [1.29, 1.82) is 5.26 Å². The van der Waals surface area contributed by atoms with Gasteiger partial charge >= 0.3 is 0 Å². The highest BCUT2D eigenvalue weighted by Gasteiger charge is 2.05. The Morgan fingerprint density at radius 1 is 1.40 bits per heavy atom. The molecule has 100 valence electrons. The molecule has 1 amide bonds. The van der Waals surface area contributed by atoms with Crippen LogP contribution in [0.2, 0.25) is 0 Å². The molecule has 1 N–H and O–H groups in total. The van der Waals surface area contributed by atoms with E-state index in [9.17, 15) is 9.59 Å². The van der Waals surface area contributed by atoms with E-state index in [1.165, 1.54) is 17.0 Å². The van der Waals surface area contributed by atoms with Crippen LogP contribution in [0.1, 0.15) is 11.3 Å². The monoisotopic (exact) mass is 268 g/mol. The van der Waals surface area contributed by atoms with Gasteiger partial charge in [0.2, 0.25) is 5.91 Å². The Kier molecular flexibility index (Phi) is 3.91. The molecular formula is C14H12N4O2. The number of aryl methyl sites for hydroxylation is 1. The molecule has 2 aromatic rings. The van der Waals surface area contributed by atoms with Gasteiger partial charge in [-0.25, -0.2) is 4.98 Å². The van der Waals surface area contributed by atoms with Crippen molar-refractivity contribution in [3.05, 3.63) is 58.3 Å². The number of hydrogen-bond donors (Lipinski definition) is 1. The molecule has 0 atom stereocenters. The van der Waals surface area contributed by atoms with Crippen molar-refractivity contribution in [2.45, 2.75) is 13.5 Å². The molecule has 1 aromatic carbocycles. The lowest BCUT2D eigenvalue weighted by Crippen LogP contribution is -2.27.